The van der Waals surface area contributed by atoms with Gasteiger partial charge in [-0.15, -0.1) is 0 Å². The van der Waals surface area contributed by atoms with Crippen LogP contribution in [0.2, 0.25) is 0 Å². The summed E-state index contributed by atoms with van der Waals surface area (Å²) in [5, 5.41) is 9.67. The smallest absolute Gasteiger partial charge is 0.0702 e. The maximum Gasteiger partial charge on any atom is 0.0702 e. The lowest BCUT2D eigenvalue weighted by atomic mass is 9.45. The van der Waals surface area contributed by atoms with E-state index in [4.69, 9.17) is 4.74 Å². The molecule has 5 fully saturated rings. The van der Waals surface area contributed by atoms with Gasteiger partial charge in [0, 0.05) is 24.3 Å². The van der Waals surface area contributed by atoms with Crippen LogP contribution in [0.1, 0.15) is 83.4 Å². The molecule has 0 aromatic carbocycles. The molecule has 1 aromatic rings. The fourth-order valence-corrected chi connectivity index (χ4v) is 10.6. The largest absolute Gasteiger partial charge is 0.392 e. The van der Waals surface area contributed by atoms with Crippen LogP contribution in [0.3, 0.4) is 0 Å². The van der Waals surface area contributed by atoms with Crippen LogP contribution in [0.4, 0.5) is 0 Å². The first-order chi connectivity index (χ1) is 15.9. The molecule has 6 rings (SSSR count). The van der Waals surface area contributed by atoms with Gasteiger partial charge in [-0.2, -0.15) is 0 Å². The highest BCUT2D eigenvalue weighted by atomic mass is 16.5. The predicted molar refractivity (Wildman–Crippen MR) is 132 cm³/mol. The van der Waals surface area contributed by atoms with Crippen molar-refractivity contribution in [1.82, 2.24) is 4.98 Å². The van der Waals surface area contributed by atoms with Crippen LogP contribution in [-0.2, 0) is 11.3 Å². The van der Waals surface area contributed by atoms with Gasteiger partial charge in [0.1, 0.15) is 0 Å². The standard InChI is InChI=1S/C30H43NO2/c1-19(7-10-26-20(18-32)6-5-15-31-26)23-8-9-24-22-16-27(33-4)30-17-21(30)11-14-29(30,3)25(22)12-13-28(23,24)2/h5-7,10,15,19,21-25,27,32H,8-9,11-14,16-18H2,1-4H3/b10-7+/t19-,21-,22+,23-,24+,25+,27?,28-,29-,30?/m1/s1. The molecular weight excluding hydrogens is 406 g/mol. The van der Waals surface area contributed by atoms with Crippen molar-refractivity contribution in [1.29, 1.82) is 0 Å². The molecule has 0 radical (unpaired) electrons. The van der Waals surface area contributed by atoms with Crippen molar-refractivity contribution in [2.75, 3.05) is 7.11 Å². The fourth-order valence-electron chi connectivity index (χ4n) is 10.6. The van der Waals surface area contributed by atoms with Crippen LogP contribution in [0.5, 0.6) is 0 Å². The third-order valence-corrected chi connectivity index (χ3v) is 12.2. The molecular formula is C30H43NO2. The van der Waals surface area contributed by atoms with Crippen LogP contribution in [-0.4, -0.2) is 23.3 Å². The minimum Gasteiger partial charge on any atom is -0.392 e. The third kappa shape index (κ3) is 2.91. The first-order valence-electron chi connectivity index (χ1n) is 13.6. The molecule has 180 valence electrons. The van der Waals surface area contributed by atoms with Gasteiger partial charge < -0.3 is 9.84 Å². The van der Waals surface area contributed by atoms with E-state index in [1.807, 2.05) is 25.4 Å². The van der Waals surface area contributed by atoms with E-state index in [0.717, 1.165) is 40.8 Å². The van der Waals surface area contributed by atoms with Crippen LogP contribution in [0, 0.1) is 51.8 Å². The molecule has 3 heteroatoms. The molecule has 3 nitrogen and oxygen atoms in total. The molecule has 0 bridgehead atoms. The van der Waals surface area contributed by atoms with Gasteiger partial charge in [0.2, 0.25) is 0 Å². The van der Waals surface area contributed by atoms with E-state index in [1.165, 1.54) is 51.4 Å². The Hall–Kier alpha value is -1.19. The number of aliphatic hydroxyl groups is 1. The van der Waals surface area contributed by atoms with Gasteiger partial charge in [-0.25, -0.2) is 0 Å². The lowest BCUT2D eigenvalue weighted by Crippen LogP contribution is -2.57. The maximum absolute atomic E-state index is 9.67. The Morgan fingerprint density at radius 3 is 2.79 bits per heavy atom. The number of aromatic nitrogens is 1. The predicted octanol–water partition coefficient (Wildman–Crippen LogP) is 6.51. The Kier molecular flexibility index (Phi) is 5.17. The molecule has 2 unspecified atom stereocenters. The Labute approximate surface area is 200 Å². The molecule has 10 atom stereocenters. The molecule has 1 spiro atoms. The summed E-state index contributed by atoms with van der Waals surface area (Å²) in [5.74, 6) is 4.85. The number of nitrogens with zero attached hydrogens (tertiary/aromatic N) is 1. The first kappa shape index (κ1) is 22.3. The summed E-state index contributed by atoms with van der Waals surface area (Å²) in [6, 6.07) is 3.88. The average molecular weight is 450 g/mol. The van der Waals surface area contributed by atoms with E-state index in [9.17, 15) is 5.11 Å². The maximum atomic E-state index is 9.67. The van der Waals surface area contributed by atoms with Gasteiger partial charge >= 0.3 is 0 Å². The SMILES string of the molecule is COC1C[C@H]2[C@@H]3CC[C@H]([C@H](C)/C=C/c4ncccc4CO)[C@@]3(C)CC[C@@H]2[C@@]2(C)CC[C@@H]3CC132. The Morgan fingerprint density at radius 2 is 2.03 bits per heavy atom. The summed E-state index contributed by atoms with van der Waals surface area (Å²) in [7, 11) is 2.00. The van der Waals surface area contributed by atoms with Crippen molar-refractivity contribution in [3.8, 4) is 0 Å². The summed E-state index contributed by atoms with van der Waals surface area (Å²) >= 11 is 0. The van der Waals surface area contributed by atoms with E-state index < -0.39 is 0 Å². The zero-order valence-electron chi connectivity index (χ0n) is 21.1. The average Bonchev–Trinajstić information content (AvgIpc) is 3.33. The molecule has 33 heavy (non-hydrogen) atoms. The number of fused-ring (bicyclic) bond motifs is 4. The number of hydrogen-bond donors (Lipinski definition) is 1. The first-order valence-corrected chi connectivity index (χ1v) is 13.6. The number of hydrogen-bond acceptors (Lipinski definition) is 3. The summed E-state index contributed by atoms with van der Waals surface area (Å²) in [6.07, 6.45) is 18.1. The lowest BCUT2D eigenvalue weighted by Gasteiger charge is -2.61. The number of rotatable bonds is 5. The number of ether oxygens (including phenoxy) is 1. The van der Waals surface area contributed by atoms with Crippen LogP contribution < -0.4 is 0 Å². The number of methoxy groups -OCH3 is 1. The van der Waals surface area contributed by atoms with Crippen molar-refractivity contribution < 1.29 is 9.84 Å². The molecule has 0 aliphatic heterocycles. The summed E-state index contributed by atoms with van der Waals surface area (Å²) < 4.78 is 6.29. The lowest BCUT2D eigenvalue weighted by molar-refractivity contribution is -0.160. The number of aliphatic hydroxyl groups excluding tert-OH is 1. The monoisotopic (exact) mass is 449 g/mol. The summed E-state index contributed by atoms with van der Waals surface area (Å²) in [5.41, 5.74) is 3.32. The second kappa shape index (κ2) is 7.65. The minimum absolute atomic E-state index is 0.0516. The van der Waals surface area contributed by atoms with Crippen molar-refractivity contribution in [2.45, 2.75) is 84.8 Å². The number of allylic oxidation sites excluding steroid dienone is 1. The van der Waals surface area contributed by atoms with Crippen molar-refractivity contribution in [3.05, 3.63) is 35.7 Å². The van der Waals surface area contributed by atoms with E-state index in [2.05, 4.69) is 37.9 Å². The van der Waals surface area contributed by atoms with Crippen molar-refractivity contribution in [3.63, 3.8) is 0 Å². The van der Waals surface area contributed by atoms with Gasteiger partial charge in [0.15, 0.2) is 0 Å². The van der Waals surface area contributed by atoms with Gasteiger partial charge in [-0.05, 0) is 110 Å². The quantitative estimate of drug-likeness (QED) is 0.557. The fraction of sp³-hybridized carbons (Fsp3) is 0.767. The second-order valence-corrected chi connectivity index (χ2v) is 12.9. The Morgan fingerprint density at radius 1 is 1.18 bits per heavy atom. The van der Waals surface area contributed by atoms with Crippen LogP contribution >= 0.6 is 0 Å². The van der Waals surface area contributed by atoms with E-state index in [-0.39, 0.29) is 6.61 Å². The zero-order valence-corrected chi connectivity index (χ0v) is 21.1. The van der Waals surface area contributed by atoms with Gasteiger partial charge in [-0.3, -0.25) is 4.98 Å². The zero-order chi connectivity index (χ0) is 23.0. The molecule has 0 saturated heterocycles. The normalized spacial score (nSPS) is 48.8. The second-order valence-electron chi connectivity index (χ2n) is 12.9. The van der Waals surface area contributed by atoms with Gasteiger partial charge in [0.25, 0.3) is 0 Å². The molecule has 1 heterocycles. The Balaban J connectivity index is 1.24. The molecule has 0 amide bonds. The van der Waals surface area contributed by atoms with E-state index in [1.54, 1.807) is 0 Å². The van der Waals surface area contributed by atoms with Crippen LogP contribution in [0.25, 0.3) is 6.08 Å². The van der Waals surface area contributed by atoms with Crippen molar-refractivity contribution >= 4 is 6.08 Å². The highest BCUT2D eigenvalue weighted by Crippen LogP contribution is 2.82. The summed E-state index contributed by atoms with van der Waals surface area (Å²) in [4.78, 5) is 4.51. The number of pyridine rings is 1. The summed E-state index contributed by atoms with van der Waals surface area (Å²) in [6.45, 7) is 7.78. The molecule has 5 aliphatic rings. The highest BCUT2D eigenvalue weighted by Gasteiger charge is 2.77. The van der Waals surface area contributed by atoms with E-state index in [0.29, 0.717) is 28.3 Å². The van der Waals surface area contributed by atoms with Crippen LogP contribution in [0.15, 0.2) is 24.4 Å². The third-order valence-electron chi connectivity index (χ3n) is 12.2. The molecule has 1 N–H and O–H groups in total. The topological polar surface area (TPSA) is 42.4 Å². The van der Waals surface area contributed by atoms with E-state index >= 15 is 0 Å². The van der Waals surface area contributed by atoms with Gasteiger partial charge in [0.05, 0.1) is 18.4 Å². The highest BCUT2D eigenvalue weighted by molar-refractivity contribution is 5.49. The minimum atomic E-state index is 0.0516. The Bertz CT molecular complexity index is 943. The molecule has 1 aromatic heterocycles. The molecule has 5 saturated carbocycles. The van der Waals surface area contributed by atoms with Crippen molar-refractivity contribution in [2.24, 2.45) is 51.8 Å². The van der Waals surface area contributed by atoms with Gasteiger partial charge in [-0.1, -0.05) is 32.9 Å². The molecule has 5 aliphatic carbocycles.